The second-order valence-electron chi connectivity index (χ2n) is 5.05. The zero-order valence-electron chi connectivity index (χ0n) is 10.8. The smallest absolute Gasteiger partial charge is 0.216 e. The molecule has 0 atom stereocenters. The van der Waals surface area contributed by atoms with Crippen LogP contribution in [0.25, 0.3) is 0 Å². The monoisotopic (exact) mass is 256 g/mol. The standard InChI is InChI=1S/C12H20N2O2S/c1-10-5-7-11(8-6-10)12(2,3)9-14(4)17(13,15)16/h5-8H,9H2,1-4H3,(H2,13,15,16). The van der Waals surface area contributed by atoms with Crippen LogP contribution >= 0.6 is 0 Å². The number of hydrogen-bond donors (Lipinski definition) is 1. The zero-order chi connectivity index (χ0) is 13.3. The molecular weight excluding hydrogens is 236 g/mol. The van der Waals surface area contributed by atoms with Gasteiger partial charge in [0.25, 0.3) is 10.2 Å². The Balaban J connectivity index is 2.92. The summed E-state index contributed by atoms with van der Waals surface area (Å²) >= 11 is 0. The van der Waals surface area contributed by atoms with Gasteiger partial charge in [-0.15, -0.1) is 0 Å². The average Bonchev–Trinajstić information content (AvgIpc) is 2.16. The van der Waals surface area contributed by atoms with E-state index in [0.717, 1.165) is 5.56 Å². The molecule has 0 spiro atoms. The number of nitrogens with zero attached hydrogens (tertiary/aromatic N) is 1. The van der Waals surface area contributed by atoms with E-state index in [1.165, 1.54) is 16.9 Å². The Morgan fingerprint density at radius 2 is 1.71 bits per heavy atom. The summed E-state index contributed by atoms with van der Waals surface area (Å²) in [7, 11) is -2.13. The van der Waals surface area contributed by atoms with Crippen LogP contribution in [-0.2, 0) is 15.6 Å². The number of nitrogens with two attached hydrogens (primary N) is 1. The maximum absolute atomic E-state index is 11.2. The zero-order valence-corrected chi connectivity index (χ0v) is 11.6. The Kier molecular flexibility index (Phi) is 3.96. The van der Waals surface area contributed by atoms with Crippen LogP contribution in [-0.4, -0.2) is 26.3 Å². The van der Waals surface area contributed by atoms with Crippen molar-refractivity contribution >= 4 is 10.2 Å². The molecule has 0 aliphatic rings. The Bertz CT molecular complexity index is 478. The first-order chi connectivity index (χ1) is 7.63. The summed E-state index contributed by atoms with van der Waals surface area (Å²) in [5.41, 5.74) is 2.01. The minimum Gasteiger partial charge on any atom is -0.216 e. The lowest BCUT2D eigenvalue weighted by Gasteiger charge is -2.29. The maximum Gasteiger partial charge on any atom is 0.276 e. The van der Waals surface area contributed by atoms with Gasteiger partial charge >= 0.3 is 0 Å². The molecule has 0 unspecified atom stereocenters. The lowest BCUT2D eigenvalue weighted by molar-refractivity contribution is 0.373. The summed E-state index contributed by atoms with van der Waals surface area (Å²) < 4.78 is 23.6. The van der Waals surface area contributed by atoms with Gasteiger partial charge in [0, 0.05) is 19.0 Å². The van der Waals surface area contributed by atoms with Crippen molar-refractivity contribution in [3.63, 3.8) is 0 Å². The summed E-state index contributed by atoms with van der Waals surface area (Å²) in [6.45, 7) is 6.38. The van der Waals surface area contributed by atoms with Crippen molar-refractivity contribution in [2.75, 3.05) is 13.6 Å². The molecule has 1 aromatic rings. The van der Waals surface area contributed by atoms with Gasteiger partial charge in [-0.05, 0) is 12.5 Å². The third-order valence-electron chi connectivity index (χ3n) is 2.89. The molecule has 0 saturated heterocycles. The van der Waals surface area contributed by atoms with Gasteiger partial charge in [0.15, 0.2) is 0 Å². The number of aryl methyl sites for hydroxylation is 1. The average molecular weight is 256 g/mol. The van der Waals surface area contributed by atoms with Gasteiger partial charge < -0.3 is 0 Å². The Morgan fingerprint density at radius 1 is 1.24 bits per heavy atom. The van der Waals surface area contributed by atoms with Crippen molar-refractivity contribution in [1.29, 1.82) is 0 Å². The van der Waals surface area contributed by atoms with Crippen LogP contribution in [0.3, 0.4) is 0 Å². The molecule has 0 heterocycles. The largest absolute Gasteiger partial charge is 0.276 e. The molecule has 5 heteroatoms. The van der Waals surface area contributed by atoms with E-state index in [9.17, 15) is 8.42 Å². The summed E-state index contributed by atoms with van der Waals surface area (Å²) in [5, 5.41) is 5.09. The van der Waals surface area contributed by atoms with Gasteiger partial charge in [0.1, 0.15) is 0 Å². The number of benzene rings is 1. The third kappa shape index (κ3) is 3.80. The highest BCUT2D eigenvalue weighted by molar-refractivity contribution is 7.86. The van der Waals surface area contributed by atoms with E-state index in [1.807, 2.05) is 45.0 Å². The predicted octanol–water partition coefficient (Wildman–Crippen LogP) is 1.41. The minimum atomic E-state index is -3.62. The van der Waals surface area contributed by atoms with Crippen LogP contribution in [0.5, 0.6) is 0 Å². The van der Waals surface area contributed by atoms with Gasteiger partial charge in [0.2, 0.25) is 0 Å². The fourth-order valence-electron chi connectivity index (χ4n) is 1.74. The van der Waals surface area contributed by atoms with Crippen molar-refractivity contribution in [3.8, 4) is 0 Å². The fourth-order valence-corrected chi connectivity index (χ4v) is 2.25. The van der Waals surface area contributed by atoms with E-state index >= 15 is 0 Å². The molecule has 0 radical (unpaired) electrons. The lowest BCUT2D eigenvalue weighted by atomic mass is 9.84. The normalized spacial score (nSPS) is 13.1. The Morgan fingerprint density at radius 3 is 2.12 bits per heavy atom. The summed E-state index contributed by atoms with van der Waals surface area (Å²) in [6, 6.07) is 8.08. The molecule has 1 aromatic carbocycles. The molecule has 0 amide bonds. The quantitative estimate of drug-likeness (QED) is 0.885. The van der Waals surface area contributed by atoms with E-state index in [-0.39, 0.29) is 5.41 Å². The molecule has 0 aromatic heterocycles. The van der Waals surface area contributed by atoms with E-state index in [1.54, 1.807) is 0 Å². The van der Waals surface area contributed by atoms with Crippen molar-refractivity contribution < 1.29 is 8.42 Å². The van der Waals surface area contributed by atoms with Crippen molar-refractivity contribution in [2.45, 2.75) is 26.2 Å². The SMILES string of the molecule is Cc1ccc(C(C)(C)CN(C)S(N)(=O)=O)cc1. The van der Waals surface area contributed by atoms with Crippen LogP contribution in [0.15, 0.2) is 24.3 Å². The number of hydrogen-bond acceptors (Lipinski definition) is 2. The molecule has 4 nitrogen and oxygen atoms in total. The highest BCUT2D eigenvalue weighted by Gasteiger charge is 2.26. The third-order valence-corrected chi connectivity index (χ3v) is 3.88. The second-order valence-corrected chi connectivity index (χ2v) is 6.70. The highest BCUT2D eigenvalue weighted by atomic mass is 32.2. The molecule has 2 N–H and O–H groups in total. The van der Waals surface area contributed by atoms with Crippen molar-refractivity contribution in [1.82, 2.24) is 4.31 Å². The molecule has 1 rings (SSSR count). The Labute approximate surface area is 104 Å². The first-order valence-electron chi connectivity index (χ1n) is 5.44. The van der Waals surface area contributed by atoms with Crippen molar-refractivity contribution in [3.05, 3.63) is 35.4 Å². The second kappa shape index (κ2) is 4.76. The van der Waals surface area contributed by atoms with Gasteiger partial charge in [-0.1, -0.05) is 43.7 Å². The van der Waals surface area contributed by atoms with E-state index in [4.69, 9.17) is 5.14 Å². The first-order valence-corrected chi connectivity index (χ1v) is 6.94. The van der Waals surface area contributed by atoms with Gasteiger partial charge in [-0.3, -0.25) is 0 Å². The number of rotatable bonds is 4. The molecule has 0 aliphatic carbocycles. The van der Waals surface area contributed by atoms with Gasteiger partial charge in [-0.25, -0.2) is 5.14 Å². The summed E-state index contributed by atoms with van der Waals surface area (Å²) in [6.07, 6.45) is 0. The first kappa shape index (κ1) is 14.2. The minimum absolute atomic E-state index is 0.269. The molecule has 0 aliphatic heterocycles. The maximum atomic E-state index is 11.2. The summed E-state index contributed by atoms with van der Waals surface area (Å²) in [4.78, 5) is 0. The molecule has 0 saturated carbocycles. The molecule has 0 fully saturated rings. The fraction of sp³-hybridized carbons (Fsp3) is 0.500. The molecular formula is C12H20N2O2S. The summed E-state index contributed by atoms with van der Waals surface area (Å²) in [5.74, 6) is 0. The Hall–Kier alpha value is -0.910. The molecule has 17 heavy (non-hydrogen) atoms. The van der Waals surface area contributed by atoms with E-state index in [2.05, 4.69) is 0 Å². The van der Waals surface area contributed by atoms with Crippen molar-refractivity contribution in [2.24, 2.45) is 5.14 Å². The van der Waals surface area contributed by atoms with Gasteiger partial charge in [-0.2, -0.15) is 12.7 Å². The van der Waals surface area contributed by atoms with Crippen LogP contribution in [0, 0.1) is 6.92 Å². The highest BCUT2D eigenvalue weighted by Crippen LogP contribution is 2.24. The lowest BCUT2D eigenvalue weighted by Crippen LogP contribution is -2.41. The number of likely N-dealkylation sites (N-methyl/N-ethyl adjacent to an activating group) is 1. The predicted molar refractivity (Wildman–Crippen MR) is 69.9 cm³/mol. The molecule has 96 valence electrons. The van der Waals surface area contributed by atoms with Gasteiger partial charge in [0.05, 0.1) is 0 Å². The van der Waals surface area contributed by atoms with Crippen LogP contribution < -0.4 is 5.14 Å². The van der Waals surface area contributed by atoms with Crippen LogP contribution in [0.2, 0.25) is 0 Å². The van der Waals surface area contributed by atoms with E-state index < -0.39 is 10.2 Å². The van der Waals surface area contributed by atoms with Crippen LogP contribution in [0.1, 0.15) is 25.0 Å². The molecule has 0 bridgehead atoms. The van der Waals surface area contributed by atoms with Crippen LogP contribution in [0.4, 0.5) is 0 Å². The topological polar surface area (TPSA) is 63.4 Å². The van der Waals surface area contributed by atoms with E-state index in [0.29, 0.717) is 6.54 Å².